The Morgan fingerprint density at radius 3 is 1.71 bits per heavy atom. The first-order valence-electron chi connectivity index (χ1n) is 18.0. The van der Waals surface area contributed by atoms with Gasteiger partial charge in [-0.15, -0.1) is 15.3 Å². The van der Waals surface area contributed by atoms with Crippen LogP contribution in [0.5, 0.6) is 5.75 Å². The van der Waals surface area contributed by atoms with Crippen LogP contribution in [0, 0.1) is 0 Å². The van der Waals surface area contributed by atoms with Gasteiger partial charge >= 0.3 is 5.97 Å². The van der Waals surface area contributed by atoms with Crippen LogP contribution in [-0.2, 0) is 59.8 Å². The molecule has 6 aromatic rings. The van der Waals surface area contributed by atoms with Crippen LogP contribution < -0.4 is 16.4 Å². The van der Waals surface area contributed by atoms with Gasteiger partial charge in [-0.1, -0.05) is 0 Å². The number of aromatic nitrogens is 3. The van der Waals surface area contributed by atoms with E-state index in [2.05, 4.69) is 46.0 Å². The Hall–Kier alpha value is -6.88. The second-order valence-corrected chi connectivity index (χ2v) is 21.5. The monoisotopic (exact) mass is 1060 g/mol. The number of azo groups is 2. The molecule has 1 aromatic heterocycles. The number of benzene rings is 5. The van der Waals surface area contributed by atoms with Crippen molar-refractivity contribution < 1.29 is 74.9 Å². The summed E-state index contributed by atoms with van der Waals surface area (Å²) in [6.07, 6.45) is 0. The zero-order valence-electron chi connectivity index (χ0n) is 33.7. The number of nitrogen functional groups attached to an aromatic ring is 1. The van der Waals surface area contributed by atoms with Gasteiger partial charge in [-0.3, -0.25) is 23.0 Å². The first kappa shape index (κ1) is 50.5. The third kappa shape index (κ3) is 12.0. The van der Waals surface area contributed by atoms with Crippen molar-refractivity contribution in [3.8, 4) is 5.75 Å². The summed E-state index contributed by atoms with van der Waals surface area (Å²) in [5, 5.41) is 30.1. The topological polar surface area (TPSA) is 436 Å². The van der Waals surface area contributed by atoms with Crippen LogP contribution in [0.4, 0.5) is 51.7 Å². The third-order valence-electron chi connectivity index (χ3n) is 8.76. The molecule has 0 atom stereocenters. The van der Waals surface area contributed by atoms with Crippen molar-refractivity contribution in [2.45, 2.75) is 31.4 Å². The molecule has 6 rings (SSSR count). The summed E-state index contributed by atoms with van der Waals surface area (Å²) in [5.41, 5.74) is 2.65. The zero-order valence-corrected chi connectivity index (χ0v) is 38.5. The highest BCUT2D eigenvalue weighted by atomic mass is 35.5. The maximum atomic E-state index is 12.6. The zero-order chi connectivity index (χ0) is 50.1. The average molecular weight is 1060 g/mol. The second kappa shape index (κ2) is 19.0. The van der Waals surface area contributed by atoms with E-state index in [1.54, 1.807) is 0 Å². The smallest absolute Gasteiger partial charge is 0.302 e. The molecule has 1 heterocycles. The van der Waals surface area contributed by atoms with Gasteiger partial charge in [0, 0.05) is 18.3 Å². The highest BCUT2D eigenvalue weighted by Crippen LogP contribution is 2.48. The largest absolute Gasteiger partial charge is 0.505 e. The summed E-state index contributed by atoms with van der Waals surface area (Å²) in [4.78, 5) is 19.1. The molecule has 68 heavy (non-hydrogen) atoms. The van der Waals surface area contributed by atoms with Crippen molar-refractivity contribution in [1.82, 2.24) is 15.0 Å². The number of carbonyl (C=O) groups excluding carboxylic acids is 1. The van der Waals surface area contributed by atoms with Gasteiger partial charge in [0.25, 0.3) is 40.5 Å². The standard InChI is InChI=1S/C35H29ClN10O17S5/c1-17(47)63-12-13-64(49,50)22-7-2-19(3-8-22)38-34-40-33(36)41-35(42-34)39-21-6-11-25(66(54,55)56)24(16-21)44-46-31-27(68(60,61)62)15-18-14-26(67(57,58)59)30(29(37)28(18)32(31)48)45-43-20-4-9-23(10-5-20)65(51,52)53/h2-11,14-16,48H,12-13,37H2,1H3,(H,51,52,53)(H,54,55,56)(H,57,58,59)(H,60,61,62)(H2,38,39,40,41,42). The van der Waals surface area contributed by atoms with E-state index in [9.17, 15) is 70.2 Å². The van der Waals surface area contributed by atoms with Gasteiger partial charge in [0.1, 0.15) is 38.4 Å². The molecule has 0 bridgehead atoms. The van der Waals surface area contributed by atoms with E-state index < -0.39 is 126 Å². The number of ether oxygens (including phenoxy) is 1. The Kier molecular flexibility index (Phi) is 14.1. The molecule has 0 aliphatic heterocycles. The van der Waals surface area contributed by atoms with Crippen molar-refractivity contribution in [2.75, 3.05) is 28.7 Å². The summed E-state index contributed by atoms with van der Waals surface area (Å²) in [6.45, 7) is 0.778. The van der Waals surface area contributed by atoms with Crippen LogP contribution in [0.3, 0.4) is 0 Å². The Bertz CT molecular complexity index is 3680. The molecule has 33 heteroatoms. The number of hydrogen-bond donors (Lipinski definition) is 8. The SMILES string of the molecule is CC(=O)OCCS(=O)(=O)c1ccc(Nc2nc(Cl)nc(Nc3ccc(S(=O)(=O)O)c(N=Nc4c(S(=O)(=O)O)cc5cc(S(=O)(=O)O)c(N=Nc6ccc(S(=O)(=O)O)cc6)c(N)c5c4O)c3)n2)cc1. The lowest BCUT2D eigenvalue weighted by Crippen LogP contribution is -2.14. The summed E-state index contributed by atoms with van der Waals surface area (Å²) in [7, 11) is -24.3. The molecule has 0 amide bonds. The molecule has 0 spiro atoms. The summed E-state index contributed by atoms with van der Waals surface area (Å²) in [6, 6.07) is 13.1. The van der Waals surface area contributed by atoms with Gasteiger partial charge in [0.15, 0.2) is 15.6 Å². The number of hydrogen-bond acceptors (Lipinski definition) is 23. The number of aromatic hydroxyl groups is 1. The van der Waals surface area contributed by atoms with Crippen LogP contribution in [0.15, 0.2) is 124 Å². The van der Waals surface area contributed by atoms with Gasteiger partial charge in [-0.25, -0.2) is 8.42 Å². The molecule has 0 saturated heterocycles. The average Bonchev–Trinajstić information content (AvgIpc) is 3.21. The molecule has 0 radical (unpaired) electrons. The first-order chi connectivity index (χ1) is 31.5. The van der Waals surface area contributed by atoms with E-state index in [-0.39, 0.29) is 40.5 Å². The van der Waals surface area contributed by atoms with Crippen LogP contribution in [0.2, 0.25) is 5.28 Å². The number of sulfone groups is 1. The predicted molar refractivity (Wildman–Crippen MR) is 237 cm³/mol. The molecule has 0 fully saturated rings. The normalized spacial score (nSPS) is 12.7. The minimum Gasteiger partial charge on any atom is -0.505 e. The van der Waals surface area contributed by atoms with Crippen molar-refractivity contribution in [3.05, 3.63) is 84.1 Å². The number of nitrogens with one attached hydrogen (secondary N) is 2. The number of nitrogens with two attached hydrogens (primary N) is 1. The molecule has 5 aromatic carbocycles. The highest BCUT2D eigenvalue weighted by Gasteiger charge is 2.29. The quantitative estimate of drug-likeness (QED) is 0.0253. The minimum absolute atomic E-state index is 0.0866. The lowest BCUT2D eigenvalue weighted by atomic mass is 10.1. The molecular weight excluding hydrogens is 1030 g/mol. The van der Waals surface area contributed by atoms with Crippen molar-refractivity contribution in [3.63, 3.8) is 0 Å². The van der Waals surface area contributed by atoms with Crippen LogP contribution in [-0.4, -0.2) is 98.7 Å². The Morgan fingerprint density at radius 1 is 0.647 bits per heavy atom. The number of anilines is 5. The van der Waals surface area contributed by atoms with E-state index in [4.69, 9.17) is 22.1 Å². The Morgan fingerprint density at radius 2 is 1.16 bits per heavy atom. The lowest BCUT2D eigenvalue weighted by Gasteiger charge is -2.14. The number of fused-ring (bicyclic) bond motifs is 1. The fraction of sp³-hybridized carbons (Fsp3) is 0.0857. The van der Waals surface area contributed by atoms with Crippen molar-refractivity contribution in [1.29, 1.82) is 0 Å². The van der Waals surface area contributed by atoms with Crippen LogP contribution in [0.25, 0.3) is 10.8 Å². The number of phenolic OH excluding ortho intramolecular Hbond substituents is 1. The maximum absolute atomic E-state index is 12.6. The summed E-state index contributed by atoms with van der Waals surface area (Å²) >= 11 is 6.11. The number of carbonyl (C=O) groups is 1. The van der Waals surface area contributed by atoms with Gasteiger partial charge < -0.3 is 26.2 Å². The molecule has 0 saturated carbocycles. The number of phenols is 1. The van der Waals surface area contributed by atoms with Crippen molar-refractivity contribution in [2.24, 2.45) is 20.5 Å². The number of nitrogens with zero attached hydrogens (tertiary/aromatic N) is 7. The van der Waals surface area contributed by atoms with Gasteiger partial charge in [-0.2, -0.15) is 53.7 Å². The van der Waals surface area contributed by atoms with Crippen molar-refractivity contribution >= 4 is 130 Å². The summed E-state index contributed by atoms with van der Waals surface area (Å²) < 4.78 is 167. The van der Waals surface area contributed by atoms with Gasteiger partial charge in [-0.05, 0) is 95.8 Å². The Labute approximate surface area is 388 Å². The van der Waals surface area contributed by atoms with E-state index in [1.807, 2.05) is 0 Å². The van der Waals surface area contributed by atoms with E-state index in [0.29, 0.717) is 12.1 Å². The first-order valence-corrected chi connectivity index (χ1v) is 25.8. The molecule has 0 aliphatic rings. The van der Waals surface area contributed by atoms with E-state index in [0.717, 1.165) is 49.4 Å². The van der Waals surface area contributed by atoms with Crippen LogP contribution in [0.1, 0.15) is 6.92 Å². The summed E-state index contributed by atoms with van der Waals surface area (Å²) in [5.74, 6) is -2.86. The molecule has 9 N–H and O–H groups in total. The van der Waals surface area contributed by atoms with Crippen LogP contribution >= 0.6 is 11.6 Å². The van der Waals surface area contributed by atoms with E-state index in [1.165, 1.54) is 24.3 Å². The maximum Gasteiger partial charge on any atom is 0.302 e. The number of halogens is 1. The number of rotatable bonds is 16. The lowest BCUT2D eigenvalue weighted by molar-refractivity contribution is -0.140. The molecular formula is C35H29ClN10O17S5. The van der Waals surface area contributed by atoms with Gasteiger partial charge in [0.05, 0.1) is 32.3 Å². The fourth-order valence-corrected chi connectivity index (χ4v) is 9.43. The molecule has 0 aliphatic carbocycles. The third-order valence-corrected chi connectivity index (χ3v) is 14.1. The fourth-order valence-electron chi connectivity index (χ4n) is 5.77. The molecule has 358 valence electrons. The molecule has 27 nitrogen and oxygen atoms in total. The Balaban J connectivity index is 1.38. The molecule has 0 unspecified atom stereocenters. The second-order valence-electron chi connectivity index (χ2n) is 13.5. The number of esters is 1. The van der Waals surface area contributed by atoms with Gasteiger partial charge in [0.2, 0.25) is 17.2 Å². The highest BCUT2D eigenvalue weighted by molar-refractivity contribution is 7.91. The minimum atomic E-state index is -5.45. The van der Waals surface area contributed by atoms with E-state index >= 15 is 0 Å². The predicted octanol–water partition coefficient (Wildman–Crippen LogP) is 5.61.